The van der Waals surface area contributed by atoms with Gasteiger partial charge in [0.05, 0.1) is 47.7 Å². The van der Waals surface area contributed by atoms with Crippen LogP contribution < -0.4 is 31.2 Å². The van der Waals surface area contributed by atoms with Crippen LogP contribution in [0.3, 0.4) is 0 Å². The van der Waals surface area contributed by atoms with E-state index in [2.05, 4.69) is 40.4 Å². The minimum atomic E-state index is 0. The van der Waals surface area contributed by atoms with Crippen molar-refractivity contribution in [3.05, 3.63) is 128 Å². The number of aromatic nitrogens is 6. The molecule has 0 aromatic carbocycles. The van der Waals surface area contributed by atoms with E-state index in [1.54, 1.807) is 26.4 Å². The van der Waals surface area contributed by atoms with Crippen molar-refractivity contribution in [3.8, 4) is 11.5 Å². The van der Waals surface area contributed by atoms with Crippen molar-refractivity contribution < 1.29 is 9.47 Å². The first-order chi connectivity index (χ1) is 30.1. The summed E-state index contributed by atoms with van der Waals surface area (Å²) in [7, 11) is 3.39. The van der Waals surface area contributed by atoms with Crippen molar-refractivity contribution in [2.24, 2.45) is 0 Å². The van der Waals surface area contributed by atoms with Gasteiger partial charge in [-0.1, -0.05) is 7.43 Å². The zero-order valence-electron chi connectivity index (χ0n) is 37.2. The van der Waals surface area contributed by atoms with Crippen molar-refractivity contribution in [1.82, 2.24) is 49.5 Å². The van der Waals surface area contributed by atoms with E-state index in [-0.39, 0.29) is 18.5 Å². The smallest absolute Gasteiger partial charge is 0.251 e. The normalized spacial score (nSPS) is 15.2. The fourth-order valence-corrected chi connectivity index (χ4v) is 8.42. The molecule has 2 N–H and O–H groups in total. The third kappa shape index (κ3) is 12.3. The highest BCUT2D eigenvalue weighted by Gasteiger charge is 2.21. The van der Waals surface area contributed by atoms with E-state index in [4.69, 9.17) is 9.47 Å². The molecule has 2 fully saturated rings. The molecule has 0 unspecified atom stereocenters. The maximum atomic E-state index is 12.4. The van der Waals surface area contributed by atoms with Crippen LogP contribution >= 0.6 is 0 Å². The van der Waals surface area contributed by atoms with Gasteiger partial charge in [0, 0.05) is 112 Å². The summed E-state index contributed by atoms with van der Waals surface area (Å²) in [6.07, 6.45) is 11.8. The number of hydrogen-bond donors (Lipinski definition) is 2. The van der Waals surface area contributed by atoms with Gasteiger partial charge in [-0.3, -0.25) is 29.5 Å². The highest BCUT2D eigenvalue weighted by molar-refractivity contribution is 5.75. The molecule has 0 atom stereocenters. The van der Waals surface area contributed by atoms with E-state index >= 15 is 0 Å². The quantitative estimate of drug-likeness (QED) is 0.133. The number of nitrogens with one attached hydrogen (secondary N) is 2. The maximum absolute atomic E-state index is 12.4. The van der Waals surface area contributed by atoms with Gasteiger partial charge in [0.25, 0.3) is 11.1 Å². The predicted octanol–water partition coefficient (Wildman–Crippen LogP) is 5.98. The topological polar surface area (TPSA) is 145 Å². The number of piperidine rings is 2. The van der Waals surface area contributed by atoms with Crippen LogP contribution in [0.1, 0.15) is 66.8 Å². The summed E-state index contributed by atoms with van der Waals surface area (Å²) in [6, 6.07) is 15.9. The molecule has 336 valence electrons. The molecule has 0 bridgehead atoms. The van der Waals surface area contributed by atoms with Crippen LogP contribution in [0, 0.1) is 27.7 Å². The Morgan fingerprint density at radius 2 is 0.952 bits per heavy atom. The Balaban J connectivity index is 0.000000206. The molecule has 14 nitrogen and oxygen atoms in total. The number of likely N-dealkylation sites (tertiary alicyclic amines) is 2. The fraction of sp³-hybridized carbons (Fsp3) is 0.469. The lowest BCUT2D eigenvalue weighted by atomic mass is 10.0. The molecular formula is C49H66N10O4. The molecule has 8 heterocycles. The Bertz CT molecular complexity index is 2380. The zero-order valence-corrected chi connectivity index (χ0v) is 37.2. The van der Waals surface area contributed by atoms with Crippen molar-refractivity contribution in [3.63, 3.8) is 0 Å². The Morgan fingerprint density at radius 3 is 1.33 bits per heavy atom. The molecule has 0 amide bonds. The second-order valence-corrected chi connectivity index (χ2v) is 16.8. The van der Waals surface area contributed by atoms with E-state index in [0.29, 0.717) is 25.2 Å². The first-order valence-corrected chi connectivity index (χ1v) is 21.9. The van der Waals surface area contributed by atoms with Gasteiger partial charge in [-0.05, 0) is 115 Å². The molecular weight excluding hydrogens is 793 g/mol. The Hall–Kier alpha value is -5.54. The van der Waals surface area contributed by atoms with E-state index in [1.165, 1.54) is 0 Å². The van der Waals surface area contributed by atoms with Gasteiger partial charge in [-0.2, -0.15) is 0 Å². The van der Waals surface area contributed by atoms with E-state index in [9.17, 15) is 9.59 Å². The molecule has 6 aromatic heterocycles. The van der Waals surface area contributed by atoms with E-state index in [0.717, 1.165) is 145 Å². The summed E-state index contributed by atoms with van der Waals surface area (Å²) in [6.45, 7) is 16.7. The summed E-state index contributed by atoms with van der Waals surface area (Å²) < 4.78 is 14.5. The van der Waals surface area contributed by atoms with Gasteiger partial charge in [0.2, 0.25) is 0 Å². The molecule has 14 heteroatoms. The number of ether oxygens (including phenoxy) is 2. The van der Waals surface area contributed by atoms with Gasteiger partial charge in [0.15, 0.2) is 0 Å². The van der Waals surface area contributed by atoms with Crippen LogP contribution in [0.2, 0.25) is 0 Å². The van der Waals surface area contributed by atoms with Crippen LogP contribution in [-0.2, 0) is 26.2 Å². The maximum Gasteiger partial charge on any atom is 0.251 e. The SMILES string of the molecule is C.COc1cc(CNC2CCN(CCn3c(=O)ccc4ncc(C)cc43)CC2)ncc1C.COc1cc(CNC2CCN(CCn3c(=O)ccc4ncc(C)cc43)CC2)ncc1C. The molecule has 0 saturated carbocycles. The molecule has 2 aliphatic heterocycles. The first kappa shape index (κ1) is 47.0. The number of rotatable bonds is 14. The predicted molar refractivity (Wildman–Crippen MR) is 252 cm³/mol. The molecule has 0 spiro atoms. The summed E-state index contributed by atoms with van der Waals surface area (Å²) in [5.41, 5.74) is 9.91. The Morgan fingerprint density at radius 1 is 0.556 bits per heavy atom. The second kappa shape index (κ2) is 22.2. The summed E-state index contributed by atoms with van der Waals surface area (Å²) in [5, 5.41) is 7.27. The second-order valence-electron chi connectivity index (χ2n) is 16.8. The van der Waals surface area contributed by atoms with Gasteiger partial charge >= 0.3 is 0 Å². The standard InChI is InChI=1S/2C24H31N5O2.CH4/c2*1-17-12-22-21(27-14-17)4-5-24(30)29(22)11-10-28-8-6-19(7-9-28)26-16-20-13-23(31-3)18(2)15-25-20;/h2*4-5,12-15,19,26H,6-11,16H2,1-3H3;1H4. The summed E-state index contributed by atoms with van der Waals surface area (Å²) in [5.74, 6) is 1.77. The number of aryl methyl sites for hydroxylation is 4. The molecule has 2 aliphatic rings. The fourth-order valence-electron chi connectivity index (χ4n) is 8.42. The minimum Gasteiger partial charge on any atom is -0.496 e. The first-order valence-electron chi connectivity index (χ1n) is 21.9. The van der Waals surface area contributed by atoms with Crippen molar-refractivity contribution in [2.45, 2.75) is 99.1 Å². The molecule has 0 radical (unpaired) electrons. The highest BCUT2D eigenvalue weighted by atomic mass is 16.5. The number of pyridine rings is 6. The molecule has 8 rings (SSSR count). The third-order valence-corrected chi connectivity index (χ3v) is 12.2. The summed E-state index contributed by atoms with van der Waals surface area (Å²) in [4.78, 5) is 47.7. The molecule has 63 heavy (non-hydrogen) atoms. The largest absolute Gasteiger partial charge is 0.496 e. The van der Waals surface area contributed by atoms with Crippen LogP contribution in [-0.4, -0.2) is 104 Å². The lowest BCUT2D eigenvalue weighted by molar-refractivity contribution is 0.191. The molecule has 0 aliphatic carbocycles. The Labute approximate surface area is 371 Å². The van der Waals surface area contributed by atoms with Gasteiger partial charge < -0.3 is 39.0 Å². The van der Waals surface area contributed by atoms with Crippen molar-refractivity contribution in [1.29, 1.82) is 0 Å². The lowest BCUT2D eigenvalue weighted by Crippen LogP contribution is -2.43. The number of hydrogen-bond acceptors (Lipinski definition) is 12. The highest BCUT2D eigenvalue weighted by Crippen LogP contribution is 2.20. The third-order valence-electron chi connectivity index (χ3n) is 12.2. The number of fused-ring (bicyclic) bond motifs is 2. The zero-order chi connectivity index (χ0) is 43.6. The van der Waals surface area contributed by atoms with Crippen LogP contribution in [0.15, 0.2) is 82.9 Å². The number of nitrogens with zero attached hydrogens (tertiary/aromatic N) is 8. The average Bonchev–Trinajstić information content (AvgIpc) is 3.28. The van der Waals surface area contributed by atoms with Crippen LogP contribution in [0.25, 0.3) is 22.1 Å². The minimum absolute atomic E-state index is 0. The van der Waals surface area contributed by atoms with Gasteiger partial charge in [-0.15, -0.1) is 0 Å². The van der Waals surface area contributed by atoms with E-state index < -0.39 is 0 Å². The van der Waals surface area contributed by atoms with E-state index in [1.807, 2.05) is 98.0 Å². The monoisotopic (exact) mass is 859 g/mol. The van der Waals surface area contributed by atoms with Crippen molar-refractivity contribution >= 4 is 22.1 Å². The Kier molecular flexibility index (Phi) is 16.5. The molecule has 2 saturated heterocycles. The number of methoxy groups -OCH3 is 2. The summed E-state index contributed by atoms with van der Waals surface area (Å²) >= 11 is 0. The van der Waals surface area contributed by atoms with Gasteiger partial charge in [0.1, 0.15) is 11.5 Å². The van der Waals surface area contributed by atoms with Crippen LogP contribution in [0.4, 0.5) is 0 Å². The average molecular weight is 859 g/mol. The van der Waals surface area contributed by atoms with Crippen molar-refractivity contribution in [2.75, 3.05) is 53.5 Å². The molecule has 6 aromatic rings. The lowest BCUT2D eigenvalue weighted by Gasteiger charge is -2.32. The van der Waals surface area contributed by atoms with Crippen LogP contribution in [0.5, 0.6) is 11.5 Å². The van der Waals surface area contributed by atoms with Gasteiger partial charge in [-0.25, -0.2) is 0 Å².